The highest BCUT2D eigenvalue weighted by Gasteiger charge is 2.12. The van der Waals surface area contributed by atoms with Gasteiger partial charge in [-0.05, 0) is 30.7 Å². The molecule has 21 heavy (non-hydrogen) atoms. The molecule has 0 spiro atoms. The molecule has 0 saturated carbocycles. The first-order valence-electron chi connectivity index (χ1n) is 6.38. The van der Waals surface area contributed by atoms with Crippen LogP contribution in [0.3, 0.4) is 0 Å². The molecule has 5 nitrogen and oxygen atoms in total. The molecule has 0 aliphatic heterocycles. The predicted molar refractivity (Wildman–Crippen MR) is 76.9 cm³/mol. The summed E-state index contributed by atoms with van der Waals surface area (Å²) in [5.41, 5.74) is 2.87. The molecule has 0 amide bonds. The molecule has 1 heterocycles. The lowest BCUT2D eigenvalue weighted by Crippen LogP contribution is -1.95. The third kappa shape index (κ3) is 2.53. The van der Waals surface area contributed by atoms with Crippen LogP contribution in [0.5, 0.6) is 0 Å². The van der Waals surface area contributed by atoms with Gasteiger partial charge in [-0.1, -0.05) is 35.5 Å². The second-order valence-electron chi connectivity index (χ2n) is 4.62. The Morgan fingerprint density at radius 2 is 1.81 bits per heavy atom. The second-order valence-corrected chi connectivity index (χ2v) is 4.62. The van der Waals surface area contributed by atoms with Crippen LogP contribution in [-0.4, -0.2) is 21.2 Å². The molecule has 3 rings (SSSR count). The molecule has 3 aromatic rings. The average Bonchev–Trinajstić information content (AvgIpc) is 2.97. The zero-order chi connectivity index (χ0) is 14.8. The summed E-state index contributed by atoms with van der Waals surface area (Å²) in [6, 6.07) is 14.1. The van der Waals surface area contributed by atoms with Crippen LogP contribution < -0.4 is 0 Å². The van der Waals surface area contributed by atoms with Crippen LogP contribution in [-0.2, 0) is 0 Å². The van der Waals surface area contributed by atoms with Crippen LogP contribution in [0.2, 0.25) is 0 Å². The Bertz CT molecular complexity index is 791. The number of benzene rings is 2. The maximum atomic E-state index is 10.8. The molecule has 0 bridgehead atoms. The molecule has 0 atom stereocenters. The van der Waals surface area contributed by atoms with E-state index in [0.717, 1.165) is 11.1 Å². The van der Waals surface area contributed by atoms with Gasteiger partial charge >= 0.3 is 5.97 Å². The van der Waals surface area contributed by atoms with Gasteiger partial charge in [0.05, 0.1) is 5.56 Å². The topological polar surface area (TPSA) is 76.2 Å². The van der Waals surface area contributed by atoms with Crippen LogP contribution >= 0.6 is 0 Å². The van der Waals surface area contributed by atoms with Crippen LogP contribution in [0.25, 0.3) is 22.8 Å². The highest BCUT2D eigenvalue weighted by molar-refractivity contribution is 5.88. The molecular weight excluding hydrogens is 268 g/mol. The first kappa shape index (κ1) is 13.1. The van der Waals surface area contributed by atoms with E-state index < -0.39 is 5.97 Å². The molecule has 0 aliphatic rings. The van der Waals surface area contributed by atoms with Crippen molar-refractivity contribution in [2.75, 3.05) is 0 Å². The molecular formula is C16H12N2O3. The van der Waals surface area contributed by atoms with E-state index in [4.69, 9.17) is 9.63 Å². The fourth-order valence-electron chi connectivity index (χ4n) is 2.02. The molecule has 0 saturated heterocycles. The smallest absolute Gasteiger partial charge is 0.335 e. The number of aryl methyl sites for hydroxylation is 1. The minimum Gasteiger partial charge on any atom is -0.478 e. The zero-order valence-electron chi connectivity index (χ0n) is 11.3. The van der Waals surface area contributed by atoms with E-state index >= 15 is 0 Å². The molecule has 2 aromatic carbocycles. The van der Waals surface area contributed by atoms with Gasteiger partial charge in [0.1, 0.15) is 0 Å². The normalized spacial score (nSPS) is 10.5. The van der Waals surface area contributed by atoms with E-state index in [1.807, 2.05) is 31.2 Å². The fourth-order valence-corrected chi connectivity index (χ4v) is 2.02. The fraction of sp³-hybridized carbons (Fsp3) is 0.0625. The van der Waals surface area contributed by atoms with Crippen molar-refractivity contribution in [3.05, 3.63) is 59.7 Å². The number of aromatic nitrogens is 2. The van der Waals surface area contributed by atoms with E-state index in [-0.39, 0.29) is 5.56 Å². The molecule has 1 N–H and O–H groups in total. The van der Waals surface area contributed by atoms with Gasteiger partial charge in [0, 0.05) is 11.1 Å². The van der Waals surface area contributed by atoms with Crippen LogP contribution in [0.15, 0.2) is 53.1 Å². The number of nitrogens with zero attached hydrogens (tertiary/aromatic N) is 2. The molecule has 0 aliphatic carbocycles. The van der Waals surface area contributed by atoms with E-state index in [0.29, 0.717) is 17.3 Å². The monoisotopic (exact) mass is 280 g/mol. The van der Waals surface area contributed by atoms with E-state index in [2.05, 4.69) is 10.1 Å². The Hall–Kier alpha value is -2.95. The van der Waals surface area contributed by atoms with Crippen molar-refractivity contribution in [3.63, 3.8) is 0 Å². The van der Waals surface area contributed by atoms with Crippen LogP contribution in [0.4, 0.5) is 0 Å². The molecule has 5 heteroatoms. The summed E-state index contributed by atoms with van der Waals surface area (Å²) in [7, 11) is 0. The van der Waals surface area contributed by atoms with E-state index in [1.54, 1.807) is 12.1 Å². The van der Waals surface area contributed by atoms with E-state index in [1.165, 1.54) is 12.1 Å². The molecule has 0 radical (unpaired) electrons. The second kappa shape index (κ2) is 5.20. The first-order chi connectivity index (χ1) is 10.1. The third-order valence-corrected chi connectivity index (χ3v) is 3.19. The number of hydrogen-bond donors (Lipinski definition) is 1. The van der Waals surface area contributed by atoms with Gasteiger partial charge in [-0.2, -0.15) is 4.98 Å². The number of aromatic carboxylic acids is 1. The van der Waals surface area contributed by atoms with Gasteiger partial charge < -0.3 is 9.63 Å². The maximum absolute atomic E-state index is 10.8. The van der Waals surface area contributed by atoms with Crippen molar-refractivity contribution < 1.29 is 14.4 Å². The van der Waals surface area contributed by atoms with Crippen molar-refractivity contribution in [2.45, 2.75) is 6.92 Å². The standard InChI is InChI=1S/C16H12N2O3/c1-10-4-2-3-5-13(10)15-17-14(18-21-15)11-6-8-12(9-7-11)16(19)20/h2-9H,1H3,(H,19,20). The van der Waals surface area contributed by atoms with Crippen LogP contribution in [0, 0.1) is 6.92 Å². The largest absolute Gasteiger partial charge is 0.478 e. The van der Waals surface area contributed by atoms with Gasteiger partial charge in [-0.3, -0.25) is 0 Å². The van der Waals surface area contributed by atoms with Crippen molar-refractivity contribution >= 4 is 5.97 Å². The van der Waals surface area contributed by atoms with Gasteiger partial charge in [0.15, 0.2) is 0 Å². The highest BCUT2D eigenvalue weighted by atomic mass is 16.5. The van der Waals surface area contributed by atoms with E-state index in [9.17, 15) is 4.79 Å². The number of carbonyl (C=O) groups is 1. The summed E-state index contributed by atoms with van der Waals surface area (Å²) in [4.78, 5) is 15.2. The number of hydrogen-bond acceptors (Lipinski definition) is 4. The predicted octanol–water partition coefficient (Wildman–Crippen LogP) is 3.41. The molecule has 0 fully saturated rings. The van der Waals surface area contributed by atoms with Gasteiger partial charge in [-0.25, -0.2) is 4.79 Å². The summed E-state index contributed by atoms with van der Waals surface area (Å²) >= 11 is 0. The minimum absolute atomic E-state index is 0.223. The Morgan fingerprint density at radius 1 is 1.10 bits per heavy atom. The molecule has 104 valence electrons. The summed E-state index contributed by atoms with van der Waals surface area (Å²) in [6.45, 7) is 1.97. The van der Waals surface area contributed by atoms with Gasteiger partial charge in [0.2, 0.25) is 5.82 Å². The number of rotatable bonds is 3. The summed E-state index contributed by atoms with van der Waals surface area (Å²) in [5, 5.41) is 12.8. The van der Waals surface area contributed by atoms with Gasteiger partial charge in [0.25, 0.3) is 5.89 Å². The Balaban J connectivity index is 1.95. The maximum Gasteiger partial charge on any atom is 0.335 e. The van der Waals surface area contributed by atoms with Crippen molar-refractivity contribution in [1.29, 1.82) is 0 Å². The average molecular weight is 280 g/mol. The zero-order valence-corrected chi connectivity index (χ0v) is 11.3. The van der Waals surface area contributed by atoms with Crippen molar-refractivity contribution in [3.8, 4) is 22.8 Å². The van der Waals surface area contributed by atoms with Crippen LogP contribution in [0.1, 0.15) is 15.9 Å². The molecule has 0 unspecified atom stereocenters. The lowest BCUT2D eigenvalue weighted by Gasteiger charge is -1.98. The third-order valence-electron chi connectivity index (χ3n) is 3.19. The minimum atomic E-state index is -0.963. The first-order valence-corrected chi connectivity index (χ1v) is 6.38. The lowest BCUT2D eigenvalue weighted by atomic mass is 10.1. The van der Waals surface area contributed by atoms with Gasteiger partial charge in [-0.15, -0.1) is 0 Å². The van der Waals surface area contributed by atoms with Crippen molar-refractivity contribution in [2.24, 2.45) is 0 Å². The summed E-state index contributed by atoms with van der Waals surface area (Å²) < 4.78 is 5.29. The summed E-state index contributed by atoms with van der Waals surface area (Å²) in [6.07, 6.45) is 0. The number of carboxylic acids is 1. The lowest BCUT2D eigenvalue weighted by molar-refractivity contribution is 0.0697. The summed E-state index contributed by atoms with van der Waals surface area (Å²) in [5.74, 6) is -0.0779. The Labute approximate surface area is 120 Å². The Kier molecular flexibility index (Phi) is 3.23. The number of carboxylic acid groups (broad SMARTS) is 1. The quantitative estimate of drug-likeness (QED) is 0.795. The SMILES string of the molecule is Cc1ccccc1-c1nc(-c2ccc(C(=O)O)cc2)no1. The molecule has 1 aromatic heterocycles. The highest BCUT2D eigenvalue weighted by Crippen LogP contribution is 2.24. The van der Waals surface area contributed by atoms with Crippen molar-refractivity contribution in [1.82, 2.24) is 10.1 Å². The Morgan fingerprint density at radius 3 is 2.48 bits per heavy atom.